The van der Waals surface area contributed by atoms with Crippen LogP contribution in [0.2, 0.25) is 0 Å². The van der Waals surface area contributed by atoms with Gasteiger partial charge in [0.25, 0.3) is 0 Å². The maximum Gasteiger partial charge on any atom is 0.310 e. The fraction of sp³-hybridized carbons (Fsp3) is 0.938. The van der Waals surface area contributed by atoms with Crippen molar-refractivity contribution in [3.63, 3.8) is 0 Å². The highest BCUT2D eigenvalue weighted by Crippen LogP contribution is 2.35. The van der Waals surface area contributed by atoms with E-state index >= 15 is 0 Å². The van der Waals surface area contributed by atoms with E-state index in [1.165, 1.54) is 64.5 Å². The zero-order valence-corrected chi connectivity index (χ0v) is 12.0. The Bertz CT molecular complexity index is 306. The van der Waals surface area contributed by atoms with Gasteiger partial charge in [-0.1, -0.05) is 25.7 Å². The second-order valence-electron chi connectivity index (χ2n) is 6.67. The molecule has 0 aromatic carbocycles. The molecule has 0 spiro atoms. The quantitative estimate of drug-likeness (QED) is 0.735. The van der Waals surface area contributed by atoms with E-state index in [-0.39, 0.29) is 18.0 Å². The van der Waals surface area contributed by atoms with E-state index in [1.54, 1.807) is 0 Å². The Morgan fingerprint density at radius 3 is 2.42 bits per heavy atom. The Morgan fingerprint density at radius 2 is 1.68 bits per heavy atom. The largest absolute Gasteiger partial charge is 0.462 e. The van der Waals surface area contributed by atoms with Gasteiger partial charge in [-0.2, -0.15) is 0 Å². The number of piperidine rings is 1. The lowest BCUT2D eigenvalue weighted by Gasteiger charge is -2.28. The van der Waals surface area contributed by atoms with Gasteiger partial charge in [0.1, 0.15) is 6.10 Å². The van der Waals surface area contributed by atoms with Gasteiger partial charge in [0.15, 0.2) is 0 Å². The summed E-state index contributed by atoms with van der Waals surface area (Å²) in [6.45, 7) is 3.30. The van der Waals surface area contributed by atoms with Crippen molar-refractivity contribution in [2.45, 2.75) is 63.9 Å². The first-order valence-corrected chi connectivity index (χ1v) is 8.26. The number of esters is 1. The van der Waals surface area contributed by atoms with Crippen LogP contribution in [-0.2, 0) is 9.53 Å². The van der Waals surface area contributed by atoms with Crippen LogP contribution in [-0.4, -0.2) is 36.6 Å². The Kier molecular flexibility index (Phi) is 4.42. The van der Waals surface area contributed by atoms with Crippen LogP contribution in [0.4, 0.5) is 0 Å². The van der Waals surface area contributed by atoms with Crippen LogP contribution < -0.4 is 0 Å². The van der Waals surface area contributed by atoms with Crippen molar-refractivity contribution in [2.75, 3.05) is 19.6 Å². The molecule has 19 heavy (non-hydrogen) atoms. The summed E-state index contributed by atoms with van der Waals surface area (Å²) in [6, 6.07) is 0. The standard InChI is InChI=1S/C16H27NO2/c18-16-14(12-17-9-5-2-6-10-17)11-15(19-16)13-7-3-1-4-8-13/h13-15H,1-12H2/t14-,15?/m1/s1. The number of hydrogen-bond donors (Lipinski definition) is 0. The molecule has 1 unspecified atom stereocenters. The highest BCUT2D eigenvalue weighted by molar-refractivity contribution is 5.75. The average Bonchev–Trinajstić information content (AvgIpc) is 2.82. The SMILES string of the molecule is O=C1OC(C2CCCCC2)C[C@@H]1CN1CCCCC1. The summed E-state index contributed by atoms with van der Waals surface area (Å²) in [6.07, 6.45) is 11.8. The van der Waals surface area contributed by atoms with Crippen molar-refractivity contribution in [3.8, 4) is 0 Å². The Labute approximate surface area is 116 Å². The molecule has 2 saturated heterocycles. The molecule has 2 atom stereocenters. The summed E-state index contributed by atoms with van der Waals surface area (Å²) in [5.41, 5.74) is 0. The van der Waals surface area contributed by atoms with E-state index in [0.717, 1.165) is 13.0 Å². The Morgan fingerprint density at radius 1 is 1.00 bits per heavy atom. The molecule has 3 nitrogen and oxygen atoms in total. The number of nitrogens with zero attached hydrogens (tertiary/aromatic N) is 1. The van der Waals surface area contributed by atoms with E-state index in [2.05, 4.69) is 4.90 Å². The summed E-state index contributed by atoms with van der Waals surface area (Å²) in [7, 11) is 0. The Balaban J connectivity index is 1.51. The lowest BCUT2D eigenvalue weighted by atomic mass is 9.83. The van der Waals surface area contributed by atoms with E-state index < -0.39 is 0 Å². The zero-order chi connectivity index (χ0) is 13.1. The van der Waals surface area contributed by atoms with E-state index in [1.807, 2.05) is 0 Å². The number of cyclic esters (lactones) is 1. The summed E-state index contributed by atoms with van der Waals surface area (Å²) in [5, 5.41) is 0. The minimum absolute atomic E-state index is 0.0844. The first kappa shape index (κ1) is 13.4. The zero-order valence-electron chi connectivity index (χ0n) is 12.0. The van der Waals surface area contributed by atoms with Gasteiger partial charge in [0, 0.05) is 6.54 Å². The second-order valence-corrected chi connectivity index (χ2v) is 6.67. The number of carbonyl (C=O) groups excluding carboxylic acids is 1. The number of rotatable bonds is 3. The normalized spacial score (nSPS) is 34.4. The summed E-state index contributed by atoms with van der Waals surface area (Å²) < 4.78 is 5.69. The molecule has 3 rings (SSSR count). The molecular formula is C16H27NO2. The highest BCUT2D eigenvalue weighted by atomic mass is 16.6. The average molecular weight is 265 g/mol. The van der Waals surface area contributed by atoms with Crippen LogP contribution in [0.5, 0.6) is 0 Å². The van der Waals surface area contributed by atoms with Gasteiger partial charge < -0.3 is 9.64 Å². The highest BCUT2D eigenvalue weighted by Gasteiger charge is 2.39. The van der Waals surface area contributed by atoms with Crippen molar-refractivity contribution >= 4 is 5.97 Å². The lowest BCUT2D eigenvalue weighted by molar-refractivity contribution is -0.146. The molecule has 0 amide bonds. The fourth-order valence-corrected chi connectivity index (χ4v) is 4.07. The predicted octanol–water partition coefficient (Wildman–Crippen LogP) is 2.98. The molecule has 3 heteroatoms. The molecule has 0 N–H and O–H groups in total. The van der Waals surface area contributed by atoms with Gasteiger partial charge in [-0.05, 0) is 51.1 Å². The first-order valence-electron chi connectivity index (χ1n) is 8.26. The second kappa shape index (κ2) is 6.25. The van der Waals surface area contributed by atoms with Crippen LogP contribution in [0.1, 0.15) is 57.8 Å². The third-order valence-corrected chi connectivity index (χ3v) is 5.22. The van der Waals surface area contributed by atoms with E-state index in [0.29, 0.717) is 5.92 Å². The first-order chi connectivity index (χ1) is 9.33. The summed E-state index contributed by atoms with van der Waals surface area (Å²) >= 11 is 0. The molecule has 1 aliphatic carbocycles. The van der Waals surface area contributed by atoms with Crippen LogP contribution >= 0.6 is 0 Å². The third kappa shape index (κ3) is 3.31. The van der Waals surface area contributed by atoms with Crippen molar-refractivity contribution in [3.05, 3.63) is 0 Å². The molecule has 2 heterocycles. The number of carbonyl (C=O) groups is 1. The maximum atomic E-state index is 12.1. The summed E-state index contributed by atoms with van der Waals surface area (Å²) in [5.74, 6) is 0.898. The minimum atomic E-state index is 0.0844. The van der Waals surface area contributed by atoms with Crippen LogP contribution in [0.25, 0.3) is 0 Å². The number of hydrogen-bond acceptors (Lipinski definition) is 3. The molecule has 3 fully saturated rings. The molecule has 3 aliphatic rings. The van der Waals surface area contributed by atoms with Gasteiger partial charge in [0.05, 0.1) is 5.92 Å². The lowest BCUT2D eigenvalue weighted by Crippen LogP contribution is -2.35. The predicted molar refractivity (Wildman–Crippen MR) is 74.9 cm³/mol. The van der Waals surface area contributed by atoms with Gasteiger partial charge in [-0.3, -0.25) is 4.79 Å². The smallest absolute Gasteiger partial charge is 0.310 e. The van der Waals surface area contributed by atoms with Gasteiger partial charge in [0.2, 0.25) is 0 Å². The van der Waals surface area contributed by atoms with Crippen molar-refractivity contribution in [1.82, 2.24) is 4.90 Å². The molecule has 0 aromatic rings. The summed E-state index contributed by atoms with van der Waals surface area (Å²) in [4.78, 5) is 14.5. The fourth-order valence-electron chi connectivity index (χ4n) is 4.07. The number of ether oxygens (including phenoxy) is 1. The van der Waals surface area contributed by atoms with Gasteiger partial charge >= 0.3 is 5.97 Å². The molecular weight excluding hydrogens is 238 g/mol. The van der Waals surface area contributed by atoms with Crippen LogP contribution in [0.15, 0.2) is 0 Å². The monoisotopic (exact) mass is 265 g/mol. The minimum Gasteiger partial charge on any atom is -0.462 e. The van der Waals surface area contributed by atoms with Gasteiger partial charge in [-0.25, -0.2) is 0 Å². The maximum absolute atomic E-state index is 12.1. The molecule has 108 valence electrons. The van der Waals surface area contributed by atoms with Crippen molar-refractivity contribution in [2.24, 2.45) is 11.8 Å². The third-order valence-electron chi connectivity index (χ3n) is 5.22. The van der Waals surface area contributed by atoms with Crippen LogP contribution in [0, 0.1) is 11.8 Å². The molecule has 1 saturated carbocycles. The number of likely N-dealkylation sites (tertiary alicyclic amines) is 1. The molecule has 2 aliphatic heterocycles. The van der Waals surface area contributed by atoms with Crippen LogP contribution in [0.3, 0.4) is 0 Å². The molecule has 0 aromatic heterocycles. The van der Waals surface area contributed by atoms with Gasteiger partial charge in [-0.15, -0.1) is 0 Å². The molecule has 0 bridgehead atoms. The van der Waals surface area contributed by atoms with E-state index in [9.17, 15) is 4.79 Å². The van der Waals surface area contributed by atoms with Crippen molar-refractivity contribution in [1.29, 1.82) is 0 Å². The Hall–Kier alpha value is -0.570. The van der Waals surface area contributed by atoms with E-state index in [4.69, 9.17) is 4.74 Å². The van der Waals surface area contributed by atoms with Crippen molar-refractivity contribution < 1.29 is 9.53 Å². The molecule has 0 radical (unpaired) electrons. The topological polar surface area (TPSA) is 29.5 Å².